The third-order valence-corrected chi connectivity index (χ3v) is 7.49. The van der Waals surface area contributed by atoms with Gasteiger partial charge in [-0.15, -0.1) is 0 Å². The van der Waals surface area contributed by atoms with Crippen LogP contribution in [0, 0.1) is 5.41 Å². The molecule has 4 heterocycles. The van der Waals surface area contributed by atoms with Crippen LogP contribution in [-0.4, -0.2) is 60.2 Å². The van der Waals surface area contributed by atoms with E-state index in [1.807, 2.05) is 6.33 Å². The van der Waals surface area contributed by atoms with Gasteiger partial charge in [0.1, 0.15) is 12.1 Å². The lowest BCUT2D eigenvalue weighted by Crippen LogP contribution is -2.46. The van der Waals surface area contributed by atoms with Crippen LogP contribution in [0.15, 0.2) is 6.33 Å². The van der Waals surface area contributed by atoms with Gasteiger partial charge in [0.15, 0.2) is 0 Å². The largest absolute Gasteiger partial charge is 0.356 e. The summed E-state index contributed by atoms with van der Waals surface area (Å²) in [7, 11) is 0. The number of anilines is 1. The average Bonchev–Trinajstić information content (AvgIpc) is 3.26. The van der Waals surface area contributed by atoms with E-state index in [-0.39, 0.29) is 0 Å². The van der Waals surface area contributed by atoms with Crippen LogP contribution in [0.5, 0.6) is 0 Å². The molecule has 142 valence electrons. The summed E-state index contributed by atoms with van der Waals surface area (Å²) in [5, 5.41) is 3.58. The van der Waals surface area contributed by atoms with Crippen LogP contribution >= 0.6 is 0 Å². The molecular formula is C21H33N5. The second-order valence-electron chi connectivity index (χ2n) is 9.04. The van der Waals surface area contributed by atoms with Crippen molar-refractivity contribution in [1.82, 2.24) is 20.2 Å². The van der Waals surface area contributed by atoms with Crippen LogP contribution in [0.2, 0.25) is 0 Å². The molecule has 1 unspecified atom stereocenters. The van der Waals surface area contributed by atoms with E-state index in [1.54, 1.807) is 0 Å². The molecule has 4 aliphatic rings. The highest BCUT2D eigenvalue weighted by Gasteiger charge is 2.41. The number of fused-ring (bicyclic) bond motifs is 1. The van der Waals surface area contributed by atoms with Gasteiger partial charge in [-0.2, -0.15) is 0 Å². The van der Waals surface area contributed by atoms with Crippen molar-refractivity contribution < 1.29 is 0 Å². The van der Waals surface area contributed by atoms with E-state index < -0.39 is 0 Å². The van der Waals surface area contributed by atoms with Crippen molar-refractivity contribution in [3.8, 4) is 0 Å². The molecule has 1 aromatic heterocycles. The van der Waals surface area contributed by atoms with Gasteiger partial charge in [0.05, 0.1) is 5.69 Å². The summed E-state index contributed by atoms with van der Waals surface area (Å²) in [4.78, 5) is 14.8. The molecule has 5 heteroatoms. The highest BCUT2D eigenvalue weighted by atomic mass is 15.2. The third kappa shape index (κ3) is 3.13. The molecule has 0 bridgehead atoms. The maximum Gasteiger partial charge on any atom is 0.135 e. The summed E-state index contributed by atoms with van der Waals surface area (Å²) in [5.74, 6) is 1.27. The van der Waals surface area contributed by atoms with E-state index >= 15 is 0 Å². The number of aromatic nitrogens is 2. The second-order valence-corrected chi connectivity index (χ2v) is 9.04. The van der Waals surface area contributed by atoms with Crippen LogP contribution < -0.4 is 10.2 Å². The minimum atomic E-state index is 0.600. The molecule has 1 aromatic rings. The first kappa shape index (κ1) is 16.9. The molecule has 0 amide bonds. The summed E-state index contributed by atoms with van der Waals surface area (Å²) < 4.78 is 0. The van der Waals surface area contributed by atoms with Crippen molar-refractivity contribution in [1.29, 1.82) is 0 Å². The summed E-state index contributed by atoms with van der Waals surface area (Å²) in [6.07, 6.45) is 13.8. The zero-order valence-corrected chi connectivity index (χ0v) is 16.1. The van der Waals surface area contributed by atoms with Crippen molar-refractivity contribution in [2.45, 2.75) is 63.8 Å². The zero-order chi connectivity index (χ0) is 17.4. The molecule has 5 rings (SSSR count). The fourth-order valence-electron chi connectivity index (χ4n) is 5.96. The van der Waals surface area contributed by atoms with Gasteiger partial charge in [-0.3, -0.25) is 4.90 Å². The minimum Gasteiger partial charge on any atom is -0.356 e. The monoisotopic (exact) mass is 355 g/mol. The van der Waals surface area contributed by atoms with Gasteiger partial charge >= 0.3 is 0 Å². The molecule has 3 aliphatic heterocycles. The van der Waals surface area contributed by atoms with Crippen LogP contribution in [0.3, 0.4) is 0 Å². The first-order valence-corrected chi connectivity index (χ1v) is 10.9. The Hall–Kier alpha value is -1.20. The van der Waals surface area contributed by atoms with Crippen molar-refractivity contribution >= 4 is 5.82 Å². The van der Waals surface area contributed by atoms with Gasteiger partial charge in [0.2, 0.25) is 0 Å². The topological polar surface area (TPSA) is 44.3 Å². The first-order valence-electron chi connectivity index (χ1n) is 10.9. The van der Waals surface area contributed by atoms with Crippen molar-refractivity contribution in [2.75, 3.05) is 44.2 Å². The Bertz CT molecular complexity index is 633. The molecule has 3 fully saturated rings. The number of hydrogen-bond donors (Lipinski definition) is 1. The SMILES string of the molecule is c1nc2c(c(N3CCC4(CCCC4)C3)n1)CCN(C1CCCNC1)CC2. The van der Waals surface area contributed by atoms with E-state index in [0.717, 1.165) is 25.9 Å². The normalized spacial score (nSPS) is 29.1. The standard InChI is InChI=1S/C21H33N5/c1-2-8-21(7-1)9-13-26(15-21)20-18-5-11-25(17-4-3-10-22-14-17)12-6-19(18)23-16-24-20/h16-17,22H,1-15H2. The number of piperidine rings is 1. The smallest absolute Gasteiger partial charge is 0.135 e. The van der Waals surface area contributed by atoms with Crippen LogP contribution in [-0.2, 0) is 12.8 Å². The minimum absolute atomic E-state index is 0.600. The third-order valence-electron chi connectivity index (χ3n) is 7.49. The molecule has 1 aliphatic carbocycles. The van der Waals surface area contributed by atoms with Gasteiger partial charge < -0.3 is 10.2 Å². The van der Waals surface area contributed by atoms with Gasteiger partial charge in [-0.25, -0.2) is 9.97 Å². The van der Waals surface area contributed by atoms with E-state index in [2.05, 4.69) is 15.1 Å². The summed E-state index contributed by atoms with van der Waals surface area (Å²) in [6.45, 7) is 7.09. The van der Waals surface area contributed by atoms with E-state index in [4.69, 9.17) is 9.97 Å². The Balaban J connectivity index is 1.33. The van der Waals surface area contributed by atoms with E-state index in [1.165, 1.54) is 88.2 Å². The Morgan fingerprint density at radius 2 is 1.88 bits per heavy atom. The number of nitrogens with zero attached hydrogens (tertiary/aromatic N) is 4. The maximum absolute atomic E-state index is 4.79. The Labute approximate surface area is 157 Å². The van der Waals surface area contributed by atoms with Gasteiger partial charge in [-0.1, -0.05) is 12.8 Å². The molecular weight excluding hydrogens is 322 g/mol. The molecule has 0 aromatic carbocycles. The molecule has 2 saturated heterocycles. The number of rotatable bonds is 2. The molecule has 1 spiro atoms. The fourth-order valence-corrected chi connectivity index (χ4v) is 5.96. The molecule has 5 nitrogen and oxygen atoms in total. The van der Waals surface area contributed by atoms with E-state index in [9.17, 15) is 0 Å². The van der Waals surface area contributed by atoms with Crippen molar-refractivity contribution in [3.63, 3.8) is 0 Å². The number of hydrogen-bond acceptors (Lipinski definition) is 5. The lowest BCUT2D eigenvalue weighted by atomic mass is 9.86. The van der Waals surface area contributed by atoms with Gasteiger partial charge in [-0.05, 0) is 50.5 Å². The molecule has 1 N–H and O–H groups in total. The predicted octanol–water partition coefficient (Wildman–Crippen LogP) is 2.40. The first-order chi connectivity index (χ1) is 12.8. The highest BCUT2D eigenvalue weighted by Crippen LogP contribution is 2.46. The highest BCUT2D eigenvalue weighted by molar-refractivity contribution is 5.50. The quantitative estimate of drug-likeness (QED) is 0.883. The second kappa shape index (κ2) is 7.08. The van der Waals surface area contributed by atoms with Crippen LogP contribution in [0.25, 0.3) is 0 Å². The Morgan fingerprint density at radius 3 is 2.73 bits per heavy atom. The lowest BCUT2D eigenvalue weighted by molar-refractivity contribution is 0.173. The Kier molecular flexibility index (Phi) is 4.61. The zero-order valence-electron chi connectivity index (χ0n) is 16.1. The fraction of sp³-hybridized carbons (Fsp3) is 0.810. The molecule has 1 saturated carbocycles. The maximum atomic E-state index is 4.79. The van der Waals surface area contributed by atoms with Crippen LogP contribution in [0.4, 0.5) is 5.82 Å². The molecule has 1 atom stereocenters. The van der Waals surface area contributed by atoms with Crippen LogP contribution in [0.1, 0.15) is 56.2 Å². The Morgan fingerprint density at radius 1 is 1.00 bits per heavy atom. The van der Waals surface area contributed by atoms with Gasteiger partial charge in [0.25, 0.3) is 0 Å². The number of nitrogens with one attached hydrogen (secondary N) is 1. The molecule has 26 heavy (non-hydrogen) atoms. The van der Waals surface area contributed by atoms with Crippen molar-refractivity contribution in [3.05, 3.63) is 17.6 Å². The van der Waals surface area contributed by atoms with E-state index in [0.29, 0.717) is 11.5 Å². The summed E-state index contributed by atoms with van der Waals surface area (Å²) in [6, 6.07) is 0.711. The lowest BCUT2D eigenvalue weighted by Gasteiger charge is -2.33. The van der Waals surface area contributed by atoms with Crippen molar-refractivity contribution in [2.24, 2.45) is 5.41 Å². The summed E-state index contributed by atoms with van der Waals surface area (Å²) in [5.41, 5.74) is 3.37. The van der Waals surface area contributed by atoms with Gasteiger partial charge in [0, 0.05) is 50.7 Å². The summed E-state index contributed by atoms with van der Waals surface area (Å²) >= 11 is 0. The molecule has 0 radical (unpaired) electrons. The predicted molar refractivity (Wildman–Crippen MR) is 105 cm³/mol. The average molecular weight is 356 g/mol.